The van der Waals surface area contributed by atoms with Gasteiger partial charge in [0.15, 0.2) is 11.9 Å². The number of hydrogen-bond donors (Lipinski definition) is 0. The molecule has 5 rings (SSSR count). The van der Waals surface area contributed by atoms with Crippen LogP contribution in [0.5, 0.6) is 0 Å². The van der Waals surface area contributed by atoms with E-state index in [2.05, 4.69) is 20.9 Å². The molecule has 4 heterocycles. The summed E-state index contributed by atoms with van der Waals surface area (Å²) in [5.41, 5.74) is -3.00. The monoisotopic (exact) mass is 724 g/mol. The van der Waals surface area contributed by atoms with Crippen molar-refractivity contribution < 1.29 is 47.6 Å². The van der Waals surface area contributed by atoms with Gasteiger partial charge in [-0.15, -0.1) is 17.8 Å². The molecule has 1 aliphatic rings. The van der Waals surface area contributed by atoms with E-state index >= 15 is 0 Å². The molecule has 1 fully saturated rings. The normalized spacial score (nSPS) is 20.2. The first-order valence-corrected chi connectivity index (χ1v) is 16.7. The molecule has 14 nitrogen and oxygen atoms in total. The van der Waals surface area contributed by atoms with Crippen LogP contribution in [0.2, 0.25) is 5.28 Å². The molecule has 1 saturated heterocycles. The van der Waals surface area contributed by atoms with E-state index in [1.807, 2.05) is 17.5 Å². The average molecular weight is 725 g/mol. The number of carbonyl (C=O) groups excluding carboxylic acids is 4. The summed E-state index contributed by atoms with van der Waals surface area (Å²) in [5, 5.41) is 1.75. The number of rotatable bonds is 13. The van der Waals surface area contributed by atoms with Gasteiger partial charge in [0.05, 0.1) is 31.0 Å². The van der Waals surface area contributed by atoms with Gasteiger partial charge in [0.2, 0.25) is 17.0 Å². The molecule has 4 atom stereocenters. The van der Waals surface area contributed by atoms with Crippen molar-refractivity contribution in [1.82, 2.24) is 19.5 Å². The quantitative estimate of drug-likeness (QED) is 0.0636. The van der Waals surface area contributed by atoms with E-state index in [0.29, 0.717) is 16.8 Å². The van der Waals surface area contributed by atoms with Crippen LogP contribution in [0.3, 0.4) is 0 Å². The fraction of sp³-hybridized carbons (Fsp3) is 0.382. The zero-order valence-electron chi connectivity index (χ0n) is 27.5. The van der Waals surface area contributed by atoms with Gasteiger partial charge in [-0.3, -0.25) is 14.2 Å². The van der Waals surface area contributed by atoms with Crippen molar-refractivity contribution in [3.63, 3.8) is 0 Å². The Morgan fingerprint density at radius 3 is 2.32 bits per heavy atom. The largest absolute Gasteiger partial charge is 0.463 e. The molecule has 262 valence electrons. The second-order valence-corrected chi connectivity index (χ2v) is 12.2. The highest BCUT2D eigenvalue weighted by atomic mass is 35.5. The van der Waals surface area contributed by atoms with Gasteiger partial charge in [0.1, 0.15) is 17.3 Å². The van der Waals surface area contributed by atoms with E-state index in [4.69, 9.17) is 46.4 Å². The molecule has 50 heavy (non-hydrogen) atoms. The Balaban J connectivity index is 1.63. The van der Waals surface area contributed by atoms with E-state index in [9.17, 15) is 19.2 Å². The molecule has 3 aromatic heterocycles. The third-order valence-corrected chi connectivity index (χ3v) is 8.75. The van der Waals surface area contributed by atoms with Crippen LogP contribution in [0.25, 0.3) is 21.7 Å². The van der Waals surface area contributed by atoms with E-state index in [0.717, 1.165) is 18.7 Å². The zero-order valence-corrected chi connectivity index (χ0v) is 29.1. The van der Waals surface area contributed by atoms with Crippen molar-refractivity contribution in [3.8, 4) is 22.9 Å². The first-order valence-electron chi connectivity index (χ1n) is 15.5. The molecule has 0 N–H and O–H groups in total. The third-order valence-electron chi connectivity index (χ3n) is 7.71. The number of benzene rings is 1. The molecule has 1 aliphatic heterocycles. The summed E-state index contributed by atoms with van der Waals surface area (Å²) >= 11 is 7.77. The van der Waals surface area contributed by atoms with Crippen LogP contribution >= 0.6 is 22.9 Å². The number of ether oxygens (including phenoxy) is 6. The Bertz CT molecular complexity index is 1890. The molecule has 0 spiro atoms. The first-order chi connectivity index (χ1) is 24.0. The Labute approximate surface area is 296 Å². The lowest BCUT2D eigenvalue weighted by molar-refractivity contribution is -0.200. The highest BCUT2D eigenvalue weighted by molar-refractivity contribution is 7.13. The number of nitrogens with zero attached hydrogens (tertiary/aromatic N) is 4. The van der Waals surface area contributed by atoms with Crippen LogP contribution in [0.15, 0.2) is 54.2 Å². The molecule has 0 aliphatic carbocycles. The molecule has 0 unspecified atom stereocenters. The number of terminal acetylenes is 1. The van der Waals surface area contributed by atoms with Crippen molar-refractivity contribution >= 4 is 58.0 Å². The zero-order chi connectivity index (χ0) is 36.1. The topological polar surface area (TPSA) is 167 Å². The molecule has 16 heteroatoms. The molecule has 4 aromatic rings. The third kappa shape index (κ3) is 7.06. The lowest BCUT2D eigenvalue weighted by atomic mass is 9.91. The summed E-state index contributed by atoms with van der Waals surface area (Å²) < 4.78 is 36.2. The van der Waals surface area contributed by atoms with Gasteiger partial charge in [-0.05, 0) is 42.5 Å². The number of halogens is 1. The van der Waals surface area contributed by atoms with Gasteiger partial charge >= 0.3 is 23.9 Å². The van der Waals surface area contributed by atoms with Gasteiger partial charge in [-0.1, -0.05) is 42.3 Å². The van der Waals surface area contributed by atoms with E-state index in [1.54, 1.807) is 44.2 Å². The van der Waals surface area contributed by atoms with Crippen molar-refractivity contribution in [3.05, 3.63) is 65.0 Å². The van der Waals surface area contributed by atoms with Crippen molar-refractivity contribution in [1.29, 1.82) is 0 Å². The fourth-order valence-corrected chi connectivity index (χ4v) is 6.53. The molecule has 0 bridgehead atoms. The number of aromatic nitrogens is 4. The highest BCUT2D eigenvalue weighted by Crippen LogP contribution is 2.44. The summed E-state index contributed by atoms with van der Waals surface area (Å²) in [6.45, 7) is 4.58. The number of imidazole rings is 1. The Kier molecular flexibility index (Phi) is 11.2. The standard InChI is InChI=1S/C34H33ClN4O10S/c1-6-33(49-21(5)41)24(18-46-34(30(42)44-7-2,31(43)45-8-3)17-22-13-10-9-11-14-22)48-29(27(33)47-20(4)40)39-19-36-26-25(23-15-12-16-50-23)37-32(35)38-28(26)39/h1,9-16,19,24,27,29H,7-8,17-18H2,2-5H3/t24-,27+,29-,33-/m1/s1. The van der Waals surface area contributed by atoms with Crippen LogP contribution in [0.4, 0.5) is 0 Å². The van der Waals surface area contributed by atoms with Gasteiger partial charge < -0.3 is 28.4 Å². The molecule has 0 amide bonds. The molecule has 1 aromatic carbocycles. The maximum Gasteiger partial charge on any atom is 0.350 e. The van der Waals surface area contributed by atoms with E-state index in [-0.39, 0.29) is 30.6 Å². The number of carbonyl (C=O) groups is 4. The Morgan fingerprint density at radius 2 is 1.74 bits per heavy atom. The lowest BCUT2D eigenvalue weighted by Crippen LogP contribution is -2.57. The summed E-state index contributed by atoms with van der Waals surface area (Å²) in [7, 11) is 0. The van der Waals surface area contributed by atoms with Gasteiger partial charge in [-0.25, -0.2) is 19.6 Å². The minimum atomic E-state index is -2.35. The summed E-state index contributed by atoms with van der Waals surface area (Å²) in [4.78, 5) is 66.5. The van der Waals surface area contributed by atoms with Crippen molar-refractivity contribution in [2.45, 2.75) is 63.8 Å². The maximum atomic E-state index is 13.6. The predicted octanol–water partition coefficient (Wildman–Crippen LogP) is 4.10. The lowest BCUT2D eigenvalue weighted by Gasteiger charge is -2.34. The number of thiophene rings is 1. The van der Waals surface area contributed by atoms with Gasteiger partial charge in [0.25, 0.3) is 5.60 Å². The Hall–Kier alpha value is -4.88. The highest BCUT2D eigenvalue weighted by Gasteiger charge is 2.63. The second kappa shape index (κ2) is 15.3. The van der Waals surface area contributed by atoms with Gasteiger partial charge in [0, 0.05) is 20.3 Å². The summed E-state index contributed by atoms with van der Waals surface area (Å²) in [6.07, 6.45) is 2.83. The number of hydrogen-bond acceptors (Lipinski definition) is 14. The van der Waals surface area contributed by atoms with E-state index in [1.165, 1.54) is 22.2 Å². The van der Waals surface area contributed by atoms with Crippen LogP contribution < -0.4 is 0 Å². The summed E-state index contributed by atoms with van der Waals surface area (Å²) in [6, 6.07) is 12.3. The molecule has 0 radical (unpaired) electrons. The SMILES string of the molecule is C#C[C@@]1(OC(C)=O)[C@@H](COC(Cc2ccccc2)(C(=O)OCC)C(=O)OCC)O[C@@H](n2cnc3c(-c4cccs4)nc(Cl)nc32)[C@@H]1OC(C)=O. The van der Waals surface area contributed by atoms with Crippen LogP contribution in [-0.2, 0) is 54.0 Å². The second-order valence-electron chi connectivity index (χ2n) is 11.0. The number of fused-ring (bicyclic) bond motifs is 1. The predicted molar refractivity (Wildman–Crippen MR) is 179 cm³/mol. The smallest absolute Gasteiger partial charge is 0.350 e. The maximum absolute atomic E-state index is 13.6. The molecular weight excluding hydrogens is 692 g/mol. The minimum absolute atomic E-state index is 0.0814. The van der Waals surface area contributed by atoms with Crippen molar-refractivity contribution in [2.24, 2.45) is 0 Å². The van der Waals surface area contributed by atoms with Crippen molar-refractivity contribution in [2.75, 3.05) is 19.8 Å². The molecule has 0 saturated carbocycles. The van der Waals surface area contributed by atoms with Gasteiger partial charge in [-0.2, -0.15) is 4.98 Å². The number of esters is 4. The summed E-state index contributed by atoms with van der Waals surface area (Å²) in [5.74, 6) is -1.24. The van der Waals surface area contributed by atoms with E-state index < -0.39 is 60.1 Å². The molecular formula is C34H33ClN4O10S. The minimum Gasteiger partial charge on any atom is -0.463 e. The average Bonchev–Trinajstić information content (AvgIpc) is 3.82. The van der Waals surface area contributed by atoms with Crippen LogP contribution in [0, 0.1) is 12.3 Å². The van der Waals surface area contributed by atoms with Crippen LogP contribution in [-0.4, -0.2) is 86.6 Å². The first kappa shape index (κ1) is 36.4. The van der Waals surface area contributed by atoms with Crippen LogP contribution in [0.1, 0.15) is 39.5 Å². The fourth-order valence-electron chi connectivity index (χ4n) is 5.66. The Morgan fingerprint density at radius 1 is 1.04 bits per heavy atom.